The van der Waals surface area contributed by atoms with E-state index in [9.17, 15) is 0 Å². The molecule has 0 aliphatic heterocycles. The highest BCUT2D eigenvalue weighted by Gasteiger charge is 2.00. The Morgan fingerprint density at radius 2 is 1.54 bits per heavy atom. The summed E-state index contributed by atoms with van der Waals surface area (Å²) in [4.78, 5) is 0. The Kier molecular flexibility index (Phi) is 6.81. The minimum absolute atomic E-state index is 1.04. The summed E-state index contributed by atoms with van der Waals surface area (Å²) < 4.78 is 0. The van der Waals surface area contributed by atoms with Gasteiger partial charge in [0.05, 0.1) is 0 Å². The Hall–Kier alpha value is -2.34. The average Bonchev–Trinajstić information content (AvgIpc) is 2.57. The smallest absolute Gasteiger partial charge is 0.0224 e. The normalized spacial score (nSPS) is 10.9. The number of rotatable bonds is 8. The van der Waals surface area contributed by atoms with Gasteiger partial charge in [-0.05, 0) is 61.8 Å². The maximum Gasteiger partial charge on any atom is -0.0224 e. The van der Waals surface area contributed by atoms with E-state index in [4.69, 9.17) is 0 Å². The van der Waals surface area contributed by atoms with Gasteiger partial charge in [-0.2, -0.15) is 0 Å². The molecule has 0 aliphatic carbocycles. The maximum atomic E-state index is 4.01. The molecular formula is C24H28. The molecule has 0 aliphatic rings. The molecule has 0 bridgehead atoms. The Balaban J connectivity index is 2.12. The van der Waals surface area contributed by atoms with Crippen LogP contribution < -0.4 is 0 Å². The van der Waals surface area contributed by atoms with Crippen molar-refractivity contribution in [1.82, 2.24) is 0 Å². The monoisotopic (exact) mass is 316 g/mol. The maximum absolute atomic E-state index is 4.01. The SMILES string of the molecule is C=C(C)CCc1cccc(C=Cc2ccccc2CCC(=C)C)c1. The average molecular weight is 316 g/mol. The van der Waals surface area contributed by atoms with Crippen molar-refractivity contribution in [1.29, 1.82) is 0 Å². The lowest BCUT2D eigenvalue weighted by Gasteiger charge is -2.06. The fourth-order valence-corrected chi connectivity index (χ4v) is 2.67. The van der Waals surface area contributed by atoms with Gasteiger partial charge in [0, 0.05) is 0 Å². The number of hydrogen-bond donors (Lipinski definition) is 0. The minimum Gasteiger partial charge on any atom is -0.100 e. The van der Waals surface area contributed by atoms with E-state index < -0.39 is 0 Å². The Morgan fingerprint density at radius 3 is 2.29 bits per heavy atom. The first kappa shape index (κ1) is 18.0. The Labute approximate surface area is 147 Å². The lowest BCUT2D eigenvalue weighted by Crippen LogP contribution is -1.90. The van der Waals surface area contributed by atoms with Crippen LogP contribution in [-0.4, -0.2) is 0 Å². The molecule has 2 rings (SSSR count). The summed E-state index contributed by atoms with van der Waals surface area (Å²) in [5.74, 6) is 0. The van der Waals surface area contributed by atoms with Crippen LogP contribution in [0.4, 0.5) is 0 Å². The number of aryl methyl sites for hydroxylation is 2. The van der Waals surface area contributed by atoms with E-state index in [2.05, 4.69) is 87.7 Å². The van der Waals surface area contributed by atoms with Gasteiger partial charge in [0.1, 0.15) is 0 Å². The molecule has 0 spiro atoms. The summed E-state index contributed by atoms with van der Waals surface area (Å²) >= 11 is 0. The van der Waals surface area contributed by atoms with Gasteiger partial charge in [-0.15, -0.1) is 13.2 Å². The van der Waals surface area contributed by atoms with Crippen molar-refractivity contribution in [2.75, 3.05) is 0 Å². The van der Waals surface area contributed by atoms with Gasteiger partial charge in [0.25, 0.3) is 0 Å². The zero-order chi connectivity index (χ0) is 17.4. The summed E-state index contributed by atoms with van der Waals surface area (Å²) in [6.45, 7) is 12.2. The molecule has 0 N–H and O–H groups in total. The van der Waals surface area contributed by atoms with Crippen molar-refractivity contribution in [3.63, 3.8) is 0 Å². The summed E-state index contributed by atoms with van der Waals surface area (Å²) in [7, 11) is 0. The molecule has 0 heterocycles. The van der Waals surface area contributed by atoms with Crippen LogP contribution in [0, 0.1) is 0 Å². The van der Waals surface area contributed by atoms with Crippen molar-refractivity contribution in [2.45, 2.75) is 39.5 Å². The summed E-state index contributed by atoms with van der Waals surface area (Å²) in [6.07, 6.45) is 8.65. The van der Waals surface area contributed by atoms with Gasteiger partial charge in [-0.25, -0.2) is 0 Å². The molecule has 0 amide bonds. The van der Waals surface area contributed by atoms with Crippen molar-refractivity contribution >= 4 is 12.2 Å². The predicted molar refractivity (Wildman–Crippen MR) is 108 cm³/mol. The molecule has 0 radical (unpaired) electrons. The number of allylic oxidation sites excluding steroid dienone is 2. The zero-order valence-corrected chi connectivity index (χ0v) is 15.0. The number of benzene rings is 2. The van der Waals surface area contributed by atoms with Crippen molar-refractivity contribution in [3.05, 3.63) is 95.1 Å². The van der Waals surface area contributed by atoms with Crippen LogP contribution in [0.1, 0.15) is 48.9 Å². The van der Waals surface area contributed by atoms with E-state index >= 15 is 0 Å². The summed E-state index contributed by atoms with van der Waals surface area (Å²) in [6, 6.07) is 17.4. The molecule has 0 unspecified atom stereocenters. The standard InChI is InChI=1S/C24H28/c1-19(2)12-14-21-8-7-9-22(18-21)15-17-24-11-6-5-10-23(24)16-13-20(3)4/h5-11,15,17-18H,1,3,12-14,16H2,2,4H3. The summed E-state index contributed by atoms with van der Waals surface area (Å²) in [5.41, 5.74) is 7.78. The van der Waals surface area contributed by atoms with Crippen LogP contribution in [0.5, 0.6) is 0 Å². The zero-order valence-electron chi connectivity index (χ0n) is 15.0. The summed E-state index contributed by atoms with van der Waals surface area (Å²) in [5, 5.41) is 0. The third kappa shape index (κ3) is 6.04. The fourth-order valence-electron chi connectivity index (χ4n) is 2.67. The molecular weight excluding hydrogens is 288 g/mol. The van der Waals surface area contributed by atoms with Gasteiger partial charge in [-0.3, -0.25) is 0 Å². The van der Waals surface area contributed by atoms with Gasteiger partial charge in [-0.1, -0.05) is 71.8 Å². The van der Waals surface area contributed by atoms with E-state index in [1.165, 1.54) is 33.4 Å². The predicted octanol–water partition coefficient (Wildman–Crippen LogP) is 6.87. The third-order valence-electron chi connectivity index (χ3n) is 4.12. The fraction of sp³-hybridized carbons (Fsp3) is 0.250. The Morgan fingerprint density at radius 1 is 0.833 bits per heavy atom. The van der Waals surface area contributed by atoms with Crippen LogP contribution in [-0.2, 0) is 12.8 Å². The minimum atomic E-state index is 1.04. The van der Waals surface area contributed by atoms with E-state index in [1.807, 2.05) is 0 Å². The Bertz CT molecular complexity index is 731. The first-order valence-electron chi connectivity index (χ1n) is 8.68. The van der Waals surface area contributed by atoms with Gasteiger partial charge >= 0.3 is 0 Å². The van der Waals surface area contributed by atoms with Crippen LogP contribution in [0.25, 0.3) is 12.2 Å². The molecule has 0 nitrogen and oxygen atoms in total. The lowest BCUT2D eigenvalue weighted by molar-refractivity contribution is 0.943. The van der Waals surface area contributed by atoms with E-state index in [0.29, 0.717) is 0 Å². The second-order valence-electron chi connectivity index (χ2n) is 6.69. The molecule has 0 saturated heterocycles. The van der Waals surface area contributed by atoms with Crippen LogP contribution in [0.3, 0.4) is 0 Å². The molecule has 0 fully saturated rings. The first-order valence-corrected chi connectivity index (χ1v) is 8.68. The lowest BCUT2D eigenvalue weighted by atomic mass is 9.99. The van der Waals surface area contributed by atoms with Crippen molar-refractivity contribution in [2.24, 2.45) is 0 Å². The van der Waals surface area contributed by atoms with E-state index in [-0.39, 0.29) is 0 Å². The molecule has 0 aromatic heterocycles. The van der Waals surface area contributed by atoms with E-state index in [0.717, 1.165) is 25.7 Å². The second kappa shape index (κ2) is 9.08. The van der Waals surface area contributed by atoms with E-state index in [1.54, 1.807) is 0 Å². The molecule has 0 heteroatoms. The highest BCUT2D eigenvalue weighted by molar-refractivity contribution is 5.71. The molecule has 2 aromatic rings. The van der Waals surface area contributed by atoms with Crippen LogP contribution >= 0.6 is 0 Å². The highest BCUT2D eigenvalue weighted by atomic mass is 14.0. The van der Waals surface area contributed by atoms with Gasteiger partial charge < -0.3 is 0 Å². The van der Waals surface area contributed by atoms with Crippen LogP contribution in [0.2, 0.25) is 0 Å². The molecule has 124 valence electrons. The van der Waals surface area contributed by atoms with Gasteiger partial charge in [0.2, 0.25) is 0 Å². The second-order valence-corrected chi connectivity index (χ2v) is 6.69. The molecule has 2 aromatic carbocycles. The van der Waals surface area contributed by atoms with Crippen LogP contribution in [0.15, 0.2) is 72.8 Å². The molecule has 0 saturated carbocycles. The third-order valence-corrected chi connectivity index (χ3v) is 4.12. The molecule has 24 heavy (non-hydrogen) atoms. The van der Waals surface area contributed by atoms with Gasteiger partial charge in [0.15, 0.2) is 0 Å². The van der Waals surface area contributed by atoms with Crippen molar-refractivity contribution in [3.8, 4) is 0 Å². The highest BCUT2D eigenvalue weighted by Crippen LogP contribution is 2.17. The number of hydrogen-bond acceptors (Lipinski definition) is 0. The molecule has 0 atom stereocenters. The quantitative estimate of drug-likeness (QED) is 0.368. The topological polar surface area (TPSA) is 0 Å². The van der Waals surface area contributed by atoms with Crippen molar-refractivity contribution < 1.29 is 0 Å². The first-order chi connectivity index (χ1) is 11.5. The largest absolute Gasteiger partial charge is 0.100 e.